The van der Waals surface area contributed by atoms with E-state index in [9.17, 15) is 19.5 Å². The second kappa shape index (κ2) is 11.6. The van der Waals surface area contributed by atoms with Gasteiger partial charge in [0.15, 0.2) is 0 Å². The van der Waals surface area contributed by atoms with Crippen LogP contribution in [-0.4, -0.2) is 47.1 Å². The maximum atomic E-state index is 13.1. The van der Waals surface area contributed by atoms with Gasteiger partial charge in [0.25, 0.3) is 5.91 Å². The predicted octanol–water partition coefficient (Wildman–Crippen LogP) is 3.66. The van der Waals surface area contributed by atoms with E-state index in [1.807, 2.05) is 38.1 Å². The first-order valence-corrected chi connectivity index (χ1v) is 11.1. The molecule has 0 heterocycles. The van der Waals surface area contributed by atoms with Gasteiger partial charge >= 0.3 is 11.9 Å². The quantitative estimate of drug-likeness (QED) is 0.379. The number of hydrogen-bond acceptors (Lipinski definition) is 5. The van der Waals surface area contributed by atoms with Gasteiger partial charge in [0.1, 0.15) is 17.1 Å². The van der Waals surface area contributed by atoms with E-state index in [2.05, 4.69) is 10.6 Å². The average molecular weight is 471 g/mol. The molecule has 8 heteroatoms. The molecule has 0 aliphatic heterocycles. The van der Waals surface area contributed by atoms with Crippen LogP contribution in [0.25, 0.3) is 11.1 Å². The summed E-state index contributed by atoms with van der Waals surface area (Å²) in [5.74, 6) is -2.35. The summed E-state index contributed by atoms with van der Waals surface area (Å²) in [6.45, 7) is 7.24. The van der Waals surface area contributed by atoms with E-state index in [1.54, 1.807) is 38.1 Å². The monoisotopic (exact) mass is 470 g/mol. The molecule has 0 aliphatic rings. The van der Waals surface area contributed by atoms with Gasteiger partial charge in [-0.1, -0.05) is 82.4 Å². The molecule has 2 aromatic rings. The van der Waals surface area contributed by atoms with Crippen LogP contribution in [0.2, 0.25) is 0 Å². The van der Waals surface area contributed by atoms with E-state index in [1.165, 1.54) is 7.11 Å². The van der Waals surface area contributed by atoms with Crippen LogP contribution in [0, 0.1) is 11.8 Å². The molecule has 0 radical (unpaired) electrons. The lowest BCUT2D eigenvalue weighted by atomic mass is 9.94. The van der Waals surface area contributed by atoms with Gasteiger partial charge in [0.2, 0.25) is 0 Å². The highest BCUT2D eigenvalue weighted by molar-refractivity contribution is 7.80. The Morgan fingerprint density at radius 2 is 1.30 bits per heavy atom. The molecule has 0 aromatic heterocycles. The molecular weight excluding hydrogens is 440 g/mol. The highest BCUT2D eigenvalue weighted by atomic mass is 32.1. The van der Waals surface area contributed by atoms with Gasteiger partial charge in [0.05, 0.1) is 7.11 Å². The molecule has 2 rings (SSSR count). The standard InChI is InChI=1S/C25H30N2O5S/c1-14(2)20(24(29)30)26-22(28)18-12-8-6-10-16(18)17-11-7-9-13-19(17)23(33)27-21(15(3)4)25(31)32-5/h6-15,20-21H,1-5H3,(H,26,28)(H,27,33)(H,29,30)/t20-,21-/m0/s1. The van der Waals surface area contributed by atoms with Crippen LogP contribution in [0.4, 0.5) is 0 Å². The van der Waals surface area contributed by atoms with Crippen molar-refractivity contribution in [2.45, 2.75) is 39.8 Å². The summed E-state index contributed by atoms with van der Waals surface area (Å²) < 4.78 is 4.89. The van der Waals surface area contributed by atoms with Crippen molar-refractivity contribution in [1.29, 1.82) is 0 Å². The molecule has 2 aromatic carbocycles. The molecule has 0 bridgehead atoms. The lowest BCUT2D eigenvalue weighted by Gasteiger charge is -2.23. The largest absolute Gasteiger partial charge is 0.480 e. The Bertz CT molecular complexity index is 1030. The first kappa shape index (κ1) is 26.0. The SMILES string of the molecule is COC(=O)[C@@H](NC(=S)c1ccccc1-c1ccccc1C(=O)N[C@H](C(=O)O)C(C)C)C(C)C. The number of benzene rings is 2. The molecule has 7 nitrogen and oxygen atoms in total. The fourth-order valence-corrected chi connectivity index (χ4v) is 3.71. The molecule has 0 saturated heterocycles. The Morgan fingerprint density at radius 1 is 0.818 bits per heavy atom. The van der Waals surface area contributed by atoms with Crippen molar-refractivity contribution in [2.75, 3.05) is 7.11 Å². The van der Waals surface area contributed by atoms with E-state index in [0.29, 0.717) is 27.2 Å². The van der Waals surface area contributed by atoms with Crippen molar-refractivity contribution >= 4 is 35.1 Å². The third kappa shape index (κ3) is 6.38. The maximum Gasteiger partial charge on any atom is 0.328 e. The second-order valence-corrected chi connectivity index (χ2v) is 8.75. The molecule has 1 amide bonds. The molecule has 0 spiro atoms. The van der Waals surface area contributed by atoms with Crippen LogP contribution >= 0.6 is 12.2 Å². The van der Waals surface area contributed by atoms with Crippen LogP contribution < -0.4 is 10.6 Å². The minimum atomic E-state index is -1.09. The molecule has 0 saturated carbocycles. The van der Waals surface area contributed by atoms with E-state index in [0.717, 1.165) is 0 Å². The molecule has 0 unspecified atom stereocenters. The number of nitrogens with one attached hydrogen (secondary N) is 2. The fourth-order valence-electron chi connectivity index (χ4n) is 3.41. The first-order valence-electron chi connectivity index (χ1n) is 10.7. The highest BCUT2D eigenvalue weighted by Gasteiger charge is 2.27. The zero-order chi connectivity index (χ0) is 24.7. The minimum absolute atomic E-state index is 0.0652. The molecular formula is C25H30N2O5S. The van der Waals surface area contributed by atoms with Crippen LogP contribution in [-0.2, 0) is 14.3 Å². The summed E-state index contributed by atoms with van der Waals surface area (Å²) in [7, 11) is 1.33. The maximum absolute atomic E-state index is 13.1. The Kier molecular flexibility index (Phi) is 9.11. The zero-order valence-corrected chi connectivity index (χ0v) is 20.2. The zero-order valence-electron chi connectivity index (χ0n) is 19.4. The van der Waals surface area contributed by atoms with Crippen LogP contribution in [0.3, 0.4) is 0 Å². The van der Waals surface area contributed by atoms with Gasteiger partial charge in [0, 0.05) is 11.1 Å². The summed E-state index contributed by atoms with van der Waals surface area (Å²) in [4.78, 5) is 37.1. The van der Waals surface area contributed by atoms with Crippen molar-refractivity contribution in [2.24, 2.45) is 11.8 Å². The average Bonchev–Trinajstić information content (AvgIpc) is 2.79. The van der Waals surface area contributed by atoms with Crippen molar-refractivity contribution in [3.63, 3.8) is 0 Å². The van der Waals surface area contributed by atoms with Gasteiger partial charge in [-0.15, -0.1) is 0 Å². The second-order valence-electron chi connectivity index (χ2n) is 8.34. The highest BCUT2D eigenvalue weighted by Crippen LogP contribution is 2.28. The Labute approximate surface area is 199 Å². The van der Waals surface area contributed by atoms with Gasteiger partial charge in [-0.05, 0) is 29.0 Å². The number of amides is 1. The Morgan fingerprint density at radius 3 is 1.79 bits per heavy atom. The summed E-state index contributed by atoms with van der Waals surface area (Å²) in [5.41, 5.74) is 2.25. The number of esters is 1. The Balaban J connectivity index is 2.46. The number of carboxylic acid groups (broad SMARTS) is 1. The summed E-state index contributed by atoms with van der Waals surface area (Å²) in [6.07, 6.45) is 0. The van der Waals surface area contributed by atoms with Crippen molar-refractivity contribution in [1.82, 2.24) is 10.6 Å². The molecule has 3 N–H and O–H groups in total. The Hall–Kier alpha value is -3.26. The molecule has 33 heavy (non-hydrogen) atoms. The number of thiocarbonyl (C=S) groups is 1. The first-order chi connectivity index (χ1) is 15.6. The molecule has 0 aliphatic carbocycles. The number of hydrogen-bond donors (Lipinski definition) is 3. The normalized spacial score (nSPS) is 12.7. The number of carbonyl (C=O) groups excluding carboxylic acids is 2. The van der Waals surface area contributed by atoms with E-state index in [-0.39, 0.29) is 11.8 Å². The van der Waals surface area contributed by atoms with Crippen LogP contribution in [0.5, 0.6) is 0 Å². The van der Waals surface area contributed by atoms with Crippen molar-refractivity contribution < 1.29 is 24.2 Å². The summed E-state index contributed by atoms with van der Waals surface area (Å²) in [5, 5.41) is 15.2. The number of aliphatic carboxylic acids is 1. The third-order valence-corrected chi connectivity index (χ3v) is 5.60. The number of methoxy groups -OCH3 is 1. The number of carboxylic acids is 1. The van der Waals surface area contributed by atoms with Gasteiger partial charge in [-0.2, -0.15) is 0 Å². The van der Waals surface area contributed by atoms with E-state index in [4.69, 9.17) is 17.0 Å². The summed E-state index contributed by atoms with van der Waals surface area (Å²) in [6, 6.07) is 12.6. The smallest absolute Gasteiger partial charge is 0.328 e. The van der Waals surface area contributed by atoms with Gasteiger partial charge in [-0.25, -0.2) is 9.59 Å². The van der Waals surface area contributed by atoms with Gasteiger partial charge in [-0.3, -0.25) is 4.79 Å². The molecule has 176 valence electrons. The summed E-state index contributed by atoms with van der Waals surface area (Å²) >= 11 is 5.62. The number of rotatable bonds is 9. The third-order valence-electron chi connectivity index (χ3n) is 5.26. The number of ether oxygens (including phenoxy) is 1. The van der Waals surface area contributed by atoms with E-state index >= 15 is 0 Å². The molecule has 2 atom stereocenters. The van der Waals surface area contributed by atoms with Crippen LogP contribution in [0.1, 0.15) is 43.6 Å². The van der Waals surface area contributed by atoms with Crippen LogP contribution in [0.15, 0.2) is 48.5 Å². The lowest BCUT2D eigenvalue weighted by molar-refractivity contribution is -0.144. The fraction of sp³-hybridized carbons (Fsp3) is 0.360. The molecule has 0 fully saturated rings. The number of carbonyl (C=O) groups is 3. The van der Waals surface area contributed by atoms with Crippen molar-refractivity contribution in [3.05, 3.63) is 59.7 Å². The minimum Gasteiger partial charge on any atom is -0.480 e. The van der Waals surface area contributed by atoms with Crippen molar-refractivity contribution in [3.8, 4) is 11.1 Å². The van der Waals surface area contributed by atoms with Gasteiger partial charge < -0.3 is 20.5 Å². The predicted molar refractivity (Wildman–Crippen MR) is 131 cm³/mol. The topological polar surface area (TPSA) is 105 Å². The lowest BCUT2D eigenvalue weighted by Crippen LogP contribution is -2.45. The van der Waals surface area contributed by atoms with E-state index < -0.39 is 29.9 Å².